The second-order valence-electron chi connectivity index (χ2n) is 7.93. The molecule has 2 N–H and O–H groups in total. The zero-order chi connectivity index (χ0) is 22.8. The van der Waals surface area contributed by atoms with Crippen LogP contribution in [0.4, 0.5) is 5.69 Å². The number of hydrogen-bond donors (Lipinski definition) is 1. The third-order valence-electron chi connectivity index (χ3n) is 5.72. The molecule has 158 valence electrons. The van der Waals surface area contributed by atoms with Crippen LogP contribution in [-0.4, -0.2) is 16.4 Å². The van der Waals surface area contributed by atoms with Crippen molar-refractivity contribution in [3.05, 3.63) is 88.8 Å². The lowest BCUT2D eigenvalue weighted by molar-refractivity contribution is 0.624. The summed E-state index contributed by atoms with van der Waals surface area (Å²) in [5.41, 5.74) is 13.1. The lowest BCUT2D eigenvalue weighted by Crippen LogP contribution is -2.40. The Kier molecular flexibility index (Phi) is 5.64. The van der Waals surface area contributed by atoms with Crippen molar-refractivity contribution in [3.63, 3.8) is 0 Å². The standard InChI is InChI=1S/C26H24N6/c1-17-8-7-11-23(12-17)31-18(2)13-20(19(31)3)14-21(15-27)25-24(16-28)26(29)32(30-25)22-9-5-4-6-10-22/h4-14,24,26H,29H2,1-3H3/b21-14-/t24-,26-/m0/s1. The smallest absolute Gasteiger partial charge is 0.127 e. The number of aromatic nitrogens is 1. The minimum Gasteiger partial charge on any atom is -0.318 e. The highest BCUT2D eigenvalue weighted by Gasteiger charge is 2.37. The quantitative estimate of drug-likeness (QED) is 0.624. The van der Waals surface area contributed by atoms with Gasteiger partial charge in [0.25, 0.3) is 0 Å². The molecule has 6 nitrogen and oxygen atoms in total. The molecule has 2 heterocycles. The average molecular weight is 421 g/mol. The fourth-order valence-corrected chi connectivity index (χ4v) is 4.13. The highest BCUT2D eigenvalue weighted by molar-refractivity contribution is 6.11. The van der Waals surface area contributed by atoms with Gasteiger partial charge in [-0.25, -0.2) is 5.01 Å². The molecule has 0 unspecified atom stereocenters. The van der Waals surface area contributed by atoms with E-state index >= 15 is 0 Å². The Labute approximate surface area is 188 Å². The number of benzene rings is 2. The van der Waals surface area contributed by atoms with Crippen LogP contribution in [0.1, 0.15) is 22.5 Å². The summed E-state index contributed by atoms with van der Waals surface area (Å²) in [6, 6.07) is 24.2. The van der Waals surface area contributed by atoms with E-state index in [1.807, 2.05) is 56.3 Å². The van der Waals surface area contributed by atoms with Crippen molar-refractivity contribution in [1.29, 1.82) is 10.5 Å². The largest absolute Gasteiger partial charge is 0.318 e. The first-order valence-corrected chi connectivity index (χ1v) is 10.4. The van der Waals surface area contributed by atoms with Crippen LogP contribution in [0.2, 0.25) is 0 Å². The first-order valence-electron chi connectivity index (χ1n) is 10.4. The fourth-order valence-electron chi connectivity index (χ4n) is 4.13. The molecule has 0 fully saturated rings. The van der Waals surface area contributed by atoms with E-state index in [4.69, 9.17) is 5.73 Å². The number of aryl methyl sites for hydroxylation is 2. The van der Waals surface area contributed by atoms with Crippen molar-refractivity contribution in [2.45, 2.75) is 26.9 Å². The van der Waals surface area contributed by atoms with E-state index in [9.17, 15) is 10.5 Å². The van der Waals surface area contributed by atoms with Crippen molar-refractivity contribution in [2.75, 3.05) is 5.01 Å². The number of allylic oxidation sites excluding steroid dienone is 1. The van der Waals surface area contributed by atoms with Gasteiger partial charge in [0.1, 0.15) is 18.2 Å². The Morgan fingerprint density at radius 2 is 1.72 bits per heavy atom. The van der Waals surface area contributed by atoms with Gasteiger partial charge in [-0.15, -0.1) is 0 Å². The van der Waals surface area contributed by atoms with E-state index in [0.717, 1.165) is 28.3 Å². The van der Waals surface area contributed by atoms with Gasteiger partial charge in [-0.2, -0.15) is 15.6 Å². The van der Waals surface area contributed by atoms with E-state index < -0.39 is 12.1 Å². The zero-order valence-corrected chi connectivity index (χ0v) is 18.3. The summed E-state index contributed by atoms with van der Waals surface area (Å²) in [5, 5.41) is 25.9. The summed E-state index contributed by atoms with van der Waals surface area (Å²) in [6.45, 7) is 6.13. The van der Waals surface area contributed by atoms with Crippen LogP contribution in [-0.2, 0) is 0 Å². The van der Waals surface area contributed by atoms with E-state index in [0.29, 0.717) is 11.3 Å². The zero-order valence-electron chi connectivity index (χ0n) is 18.3. The van der Waals surface area contributed by atoms with Gasteiger partial charge in [-0.1, -0.05) is 30.3 Å². The van der Waals surface area contributed by atoms with Crippen molar-refractivity contribution >= 4 is 17.5 Å². The lowest BCUT2D eigenvalue weighted by atomic mass is 9.95. The second-order valence-corrected chi connectivity index (χ2v) is 7.93. The maximum absolute atomic E-state index is 9.95. The average Bonchev–Trinajstić information content (AvgIpc) is 3.27. The molecule has 6 heteroatoms. The molecule has 0 saturated heterocycles. The Morgan fingerprint density at radius 3 is 2.38 bits per heavy atom. The molecule has 0 bridgehead atoms. The second kappa shape index (κ2) is 8.55. The number of para-hydroxylation sites is 1. The monoisotopic (exact) mass is 420 g/mol. The summed E-state index contributed by atoms with van der Waals surface area (Å²) >= 11 is 0. The number of rotatable bonds is 4. The molecule has 0 amide bonds. The highest BCUT2D eigenvalue weighted by atomic mass is 15.5. The Balaban J connectivity index is 1.77. The third-order valence-corrected chi connectivity index (χ3v) is 5.72. The number of hydrogen-bond acceptors (Lipinski definition) is 5. The maximum atomic E-state index is 9.95. The van der Waals surface area contributed by atoms with E-state index in [-0.39, 0.29) is 0 Å². The number of hydrazone groups is 1. The van der Waals surface area contributed by atoms with Crippen molar-refractivity contribution in [3.8, 4) is 17.8 Å². The summed E-state index contributed by atoms with van der Waals surface area (Å²) in [5.74, 6) is -0.707. The molecule has 0 spiro atoms. The van der Waals surface area contributed by atoms with Crippen LogP contribution in [0, 0.1) is 49.4 Å². The molecule has 2 atom stereocenters. The van der Waals surface area contributed by atoms with Crippen LogP contribution in [0.15, 0.2) is 71.3 Å². The Hall–Kier alpha value is -4.13. The normalized spacial score (nSPS) is 18.2. The van der Waals surface area contributed by atoms with Crippen LogP contribution in [0.5, 0.6) is 0 Å². The van der Waals surface area contributed by atoms with Gasteiger partial charge in [0.15, 0.2) is 0 Å². The summed E-state index contributed by atoms with van der Waals surface area (Å²) < 4.78 is 2.16. The van der Waals surface area contributed by atoms with Gasteiger partial charge < -0.3 is 10.3 Å². The van der Waals surface area contributed by atoms with E-state index in [2.05, 4.69) is 46.9 Å². The number of anilines is 1. The lowest BCUT2D eigenvalue weighted by Gasteiger charge is -2.21. The number of nitriles is 2. The predicted molar refractivity (Wildman–Crippen MR) is 127 cm³/mol. The topological polar surface area (TPSA) is 94.1 Å². The van der Waals surface area contributed by atoms with Gasteiger partial charge in [0.2, 0.25) is 0 Å². The molecule has 0 saturated carbocycles. The van der Waals surface area contributed by atoms with Crippen LogP contribution in [0.25, 0.3) is 11.8 Å². The van der Waals surface area contributed by atoms with Gasteiger partial charge in [0, 0.05) is 17.1 Å². The number of nitrogens with two attached hydrogens (primary N) is 1. The van der Waals surface area contributed by atoms with Crippen molar-refractivity contribution in [2.24, 2.45) is 16.8 Å². The molecule has 3 aromatic rings. The third kappa shape index (κ3) is 3.69. The molecule has 1 aromatic heterocycles. The van der Waals surface area contributed by atoms with Crippen molar-refractivity contribution < 1.29 is 0 Å². The first kappa shape index (κ1) is 21.1. The molecule has 2 aromatic carbocycles. The molecule has 1 aliphatic rings. The molecule has 32 heavy (non-hydrogen) atoms. The molecule has 4 rings (SSSR count). The Bertz CT molecular complexity index is 1300. The minimum absolute atomic E-state index is 0.343. The molecular formula is C26H24N6. The molecule has 0 aliphatic carbocycles. The van der Waals surface area contributed by atoms with Crippen LogP contribution >= 0.6 is 0 Å². The fraction of sp³-hybridized carbons (Fsp3) is 0.192. The highest BCUT2D eigenvalue weighted by Crippen LogP contribution is 2.30. The molecule has 0 radical (unpaired) electrons. The summed E-state index contributed by atoms with van der Waals surface area (Å²) in [6.07, 6.45) is 1.15. The first-order chi connectivity index (χ1) is 15.4. The Morgan fingerprint density at radius 1 is 1.00 bits per heavy atom. The van der Waals surface area contributed by atoms with Gasteiger partial charge >= 0.3 is 0 Å². The predicted octanol–water partition coefficient (Wildman–Crippen LogP) is 4.61. The van der Waals surface area contributed by atoms with Gasteiger partial charge in [-0.3, -0.25) is 0 Å². The van der Waals surface area contributed by atoms with Crippen molar-refractivity contribution in [1.82, 2.24) is 4.57 Å². The van der Waals surface area contributed by atoms with E-state index in [1.54, 1.807) is 11.1 Å². The van der Waals surface area contributed by atoms with Crippen LogP contribution in [0.3, 0.4) is 0 Å². The van der Waals surface area contributed by atoms with E-state index in [1.165, 1.54) is 5.56 Å². The molecular weight excluding hydrogens is 396 g/mol. The van der Waals surface area contributed by atoms with Gasteiger partial charge in [-0.05, 0) is 68.3 Å². The summed E-state index contributed by atoms with van der Waals surface area (Å²) in [4.78, 5) is 0. The SMILES string of the molecule is Cc1cccc(-n2c(C)cc(/C=C(/C#N)C3=NN(c4ccccc4)[C@H](N)[C@H]3C#N)c2C)c1. The maximum Gasteiger partial charge on any atom is 0.127 e. The van der Waals surface area contributed by atoms with Crippen LogP contribution < -0.4 is 10.7 Å². The molecule has 1 aliphatic heterocycles. The summed E-state index contributed by atoms with van der Waals surface area (Å²) in [7, 11) is 0. The number of nitrogens with zero attached hydrogens (tertiary/aromatic N) is 5. The van der Waals surface area contributed by atoms with Gasteiger partial charge in [0.05, 0.1) is 23.0 Å². The minimum atomic E-state index is -0.707.